The predicted octanol–water partition coefficient (Wildman–Crippen LogP) is 5.06. The van der Waals surface area contributed by atoms with Crippen LogP contribution in [0.4, 0.5) is 5.69 Å². The molecule has 1 aromatic heterocycles. The van der Waals surface area contributed by atoms with Crippen LogP contribution < -0.4 is 5.73 Å². The number of carbonyl (C=O) groups is 1. The fourth-order valence-corrected chi connectivity index (χ4v) is 3.36. The highest BCUT2D eigenvalue weighted by Gasteiger charge is 2.16. The summed E-state index contributed by atoms with van der Waals surface area (Å²) in [7, 11) is 0. The van der Waals surface area contributed by atoms with Gasteiger partial charge in [-0.1, -0.05) is 53.5 Å². The summed E-state index contributed by atoms with van der Waals surface area (Å²) in [5, 5.41) is 3.26. The van der Waals surface area contributed by atoms with Gasteiger partial charge in [-0.3, -0.25) is 0 Å². The van der Waals surface area contributed by atoms with E-state index in [2.05, 4.69) is 4.98 Å². The lowest BCUT2D eigenvalue weighted by Crippen LogP contribution is -2.09. The smallest absolute Gasteiger partial charge is 0.340 e. The molecule has 3 aromatic rings. The number of aromatic nitrogens is 1. The van der Waals surface area contributed by atoms with Crippen LogP contribution in [0.2, 0.25) is 10.0 Å². The first-order chi connectivity index (χ1) is 11.5. The Kier molecular flexibility index (Phi) is 5.04. The fourth-order valence-electron chi connectivity index (χ4n) is 2.06. The van der Waals surface area contributed by atoms with E-state index in [9.17, 15) is 4.79 Å². The molecule has 0 atom stereocenters. The van der Waals surface area contributed by atoms with Gasteiger partial charge in [0.15, 0.2) is 0 Å². The van der Waals surface area contributed by atoms with Gasteiger partial charge in [0.05, 0.1) is 22.0 Å². The van der Waals surface area contributed by atoms with Crippen molar-refractivity contribution in [2.24, 2.45) is 0 Å². The molecule has 0 saturated carbocycles. The van der Waals surface area contributed by atoms with Crippen molar-refractivity contribution in [1.82, 2.24) is 4.98 Å². The van der Waals surface area contributed by atoms with Crippen molar-refractivity contribution in [2.75, 3.05) is 5.73 Å². The Hall–Kier alpha value is -2.08. The first-order valence-electron chi connectivity index (χ1n) is 6.96. The van der Waals surface area contributed by atoms with Crippen LogP contribution >= 0.6 is 34.5 Å². The molecule has 0 aliphatic heterocycles. The molecule has 0 aliphatic rings. The molecule has 1 heterocycles. The van der Waals surface area contributed by atoms with Crippen LogP contribution in [0, 0.1) is 0 Å². The van der Waals surface area contributed by atoms with Crippen LogP contribution in [0.25, 0.3) is 10.6 Å². The van der Waals surface area contributed by atoms with E-state index in [1.807, 2.05) is 35.7 Å². The molecule has 122 valence electrons. The van der Waals surface area contributed by atoms with Gasteiger partial charge in [-0.15, -0.1) is 11.3 Å². The van der Waals surface area contributed by atoms with E-state index in [0.717, 1.165) is 10.6 Å². The van der Waals surface area contributed by atoms with Crippen molar-refractivity contribution in [3.8, 4) is 10.6 Å². The van der Waals surface area contributed by atoms with Gasteiger partial charge < -0.3 is 10.5 Å². The van der Waals surface area contributed by atoms with E-state index in [0.29, 0.717) is 10.7 Å². The van der Waals surface area contributed by atoms with Crippen molar-refractivity contribution in [3.63, 3.8) is 0 Å². The number of rotatable bonds is 4. The lowest BCUT2D eigenvalue weighted by atomic mass is 10.2. The third-order valence-corrected chi connectivity index (χ3v) is 4.71. The summed E-state index contributed by atoms with van der Waals surface area (Å²) in [6, 6.07) is 12.7. The number of nitrogen functional groups attached to an aromatic ring is 1. The van der Waals surface area contributed by atoms with Crippen LogP contribution in [0.3, 0.4) is 0 Å². The van der Waals surface area contributed by atoms with Crippen LogP contribution in [0.1, 0.15) is 16.1 Å². The third kappa shape index (κ3) is 3.70. The number of benzene rings is 2. The number of hydrogen-bond donors (Lipinski definition) is 1. The van der Waals surface area contributed by atoms with Gasteiger partial charge in [-0.25, -0.2) is 9.78 Å². The van der Waals surface area contributed by atoms with E-state index in [1.165, 1.54) is 23.5 Å². The molecule has 0 bridgehead atoms. The maximum Gasteiger partial charge on any atom is 0.340 e. The van der Waals surface area contributed by atoms with Crippen molar-refractivity contribution in [2.45, 2.75) is 6.61 Å². The number of halogens is 2. The highest BCUT2D eigenvalue weighted by molar-refractivity contribution is 7.13. The lowest BCUT2D eigenvalue weighted by Gasteiger charge is -2.08. The zero-order valence-corrected chi connectivity index (χ0v) is 14.7. The quantitative estimate of drug-likeness (QED) is 0.509. The number of ether oxygens (including phenoxy) is 1. The molecule has 7 heteroatoms. The molecule has 24 heavy (non-hydrogen) atoms. The number of carbonyl (C=O) groups excluding carboxylic acids is 1. The minimum Gasteiger partial charge on any atom is -0.455 e. The highest BCUT2D eigenvalue weighted by Crippen LogP contribution is 2.28. The molecule has 2 N–H and O–H groups in total. The van der Waals surface area contributed by atoms with E-state index < -0.39 is 5.97 Å². The number of hydrogen-bond acceptors (Lipinski definition) is 5. The Bertz CT molecular complexity index is 882. The lowest BCUT2D eigenvalue weighted by molar-refractivity contribution is 0.0470. The number of thiazole rings is 1. The Balaban J connectivity index is 1.70. The van der Waals surface area contributed by atoms with Crippen LogP contribution in [-0.2, 0) is 11.3 Å². The topological polar surface area (TPSA) is 65.2 Å². The Labute approximate surface area is 152 Å². The number of nitrogens with zero attached hydrogens (tertiary/aromatic N) is 1. The zero-order chi connectivity index (χ0) is 17.1. The molecule has 0 spiro atoms. The summed E-state index contributed by atoms with van der Waals surface area (Å²) in [6.07, 6.45) is 0. The average molecular weight is 379 g/mol. The molecule has 2 aromatic carbocycles. The standard InChI is InChI=1S/C17H12Cl2N2O2S/c18-11-6-13(15(20)14(19)7-11)17(22)23-8-12-9-24-16(21-12)10-4-2-1-3-5-10/h1-7,9H,8,20H2. The fraction of sp³-hybridized carbons (Fsp3) is 0.0588. The van der Waals surface area contributed by atoms with E-state index >= 15 is 0 Å². The van der Waals surface area contributed by atoms with Crippen molar-refractivity contribution in [1.29, 1.82) is 0 Å². The molecule has 3 rings (SSSR count). The van der Waals surface area contributed by atoms with Crippen LogP contribution in [0.15, 0.2) is 47.8 Å². The summed E-state index contributed by atoms with van der Waals surface area (Å²) in [4.78, 5) is 16.6. The molecule has 0 fully saturated rings. The summed E-state index contributed by atoms with van der Waals surface area (Å²) in [6.45, 7) is 0.0474. The maximum atomic E-state index is 12.2. The molecular weight excluding hydrogens is 367 g/mol. The first kappa shape index (κ1) is 16.8. The number of anilines is 1. The second kappa shape index (κ2) is 7.21. The molecule has 0 unspecified atom stereocenters. The molecule has 0 aliphatic carbocycles. The van der Waals surface area contributed by atoms with E-state index in [1.54, 1.807) is 0 Å². The van der Waals surface area contributed by atoms with Crippen molar-refractivity contribution < 1.29 is 9.53 Å². The Morgan fingerprint density at radius 1 is 1.21 bits per heavy atom. The number of nitrogens with two attached hydrogens (primary N) is 1. The van der Waals surface area contributed by atoms with Crippen LogP contribution in [0.5, 0.6) is 0 Å². The minimum absolute atomic E-state index is 0.0474. The second-order valence-corrected chi connectivity index (χ2v) is 6.64. The Morgan fingerprint density at radius 3 is 2.71 bits per heavy atom. The SMILES string of the molecule is Nc1c(Cl)cc(Cl)cc1C(=O)OCc1csc(-c2ccccc2)n1. The van der Waals surface area contributed by atoms with E-state index in [4.69, 9.17) is 33.7 Å². The molecule has 0 radical (unpaired) electrons. The summed E-state index contributed by atoms with van der Waals surface area (Å²) in [5.74, 6) is -0.592. The second-order valence-electron chi connectivity index (χ2n) is 4.94. The van der Waals surface area contributed by atoms with Gasteiger partial charge in [0, 0.05) is 16.0 Å². The molecular formula is C17H12Cl2N2O2S. The van der Waals surface area contributed by atoms with Crippen molar-refractivity contribution in [3.05, 3.63) is 69.1 Å². The monoisotopic (exact) mass is 378 g/mol. The molecule has 4 nitrogen and oxygen atoms in total. The molecule has 0 amide bonds. The first-order valence-corrected chi connectivity index (χ1v) is 8.59. The highest BCUT2D eigenvalue weighted by atomic mass is 35.5. The Morgan fingerprint density at radius 2 is 1.96 bits per heavy atom. The normalized spacial score (nSPS) is 10.6. The summed E-state index contributed by atoms with van der Waals surface area (Å²) < 4.78 is 5.26. The third-order valence-electron chi connectivity index (χ3n) is 3.24. The van der Waals surface area contributed by atoms with Gasteiger partial charge in [0.1, 0.15) is 11.6 Å². The zero-order valence-electron chi connectivity index (χ0n) is 12.3. The van der Waals surface area contributed by atoms with Crippen LogP contribution in [-0.4, -0.2) is 11.0 Å². The minimum atomic E-state index is -0.592. The number of esters is 1. The summed E-state index contributed by atoms with van der Waals surface area (Å²) in [5.41, 5.74) is 7.77. The largest absolute Gasteiger partial charge is 0.455 e. The predicted molar refractivity (Wildman–Crippen MR) is 97.5 cm³/mol. The van der Waals surface area contributed by atoms with Gasteiger partial charge >= 0.3 is 5.97 Å². The van der Waals surface area contributed by atoms with Gasteiger partial charge in [-0.2, -0.15) is 0 Å². The van der Waals surface area contributed by atoms with E-state index in [-0.39, 0.29) is 22.9 Å². The van der Waals surface area contributed by atoms with Gasteiger partial charge in [-0.05, 0) is 12.1 Å². The average Bonchev–Trinajstić information content (AvgIpc) is 3.06. The van der Waals surface area contributed by atoms with Gasteiger partial charge in [0.2, 0.25) is 0 Å². The summed E-state index contributed by atoms with van der Waals surface area (Å²) >= 11 is 13.3. The maximum absolute atomic E-state index is 12.2. The van der Waals surface area contributed by atoms with Gasteiger partial charge in [0.25, 0.3) is 0 Å². The molecule has 0 saturated heterocycles. The van der Waals surface area contributed by atoms with Crippen molar-refractivity contribution >= 4 is 46.2 Å².